The van der Waals surface area contributed by atoms with Crippen molar-refractivity contribution in [3.63, 3.8) is 0 Å². The van der Waals surface area contributed by atoms with Crippen LogP contribution < -0.4 is 15.9 Å². The summed E-state index contributed by atoms with van der Waals surface area (Å²) in [5, 5.41) is 7.20. The Morgan fingerprint density at radius 1 is 1.29 bits per heavy atom. The van der Waals surface area contributed by atoms with Crippen LogP contribution in [0.3, 0.4) is 0 Å². The number of carbonyl (C=O) groups is 1. The highest BCUT2D eigenvalue weighted by molar-refractivity contribution is 6.35. The molecule has 0 fully saturated rings. The van der Waals surface area contributed by atoms with E-state index in [9.17, 15) is 4.79 Å². The number of amides is 1. The minimum absolute atomic E-state index is 0.208. The SMILES string of the molecule is COc1cccc(C(=O)N2CC[N+](C(=[NH2+])c3cccc(Cl)c3)=C(N)[C@@H]2C)c1Cl. The van der Waals surface area contributed by atoms with Crippen molar-refractivity contribution in [3.05, 3.63) is 63.6 Å². The van der Waals surface area contributed by atoms with Crippen LogP contribution in [-0.4, -0.2) is 53.3 Å². The first-order valence-corrected chi connectivity index (χ1v) is 9.52. The predicted molar refractivity (Wildman–Crippen MR) is 110 cm³/mol. The molecule has 2 aromatic rings. The van der Waals surface area contributed by atoms with Crippen LogP contribution in [-0.2, 0) is 0 Å². The predicted octanol–water partition coefficient (Wildman–Crippen LogP) is 1.42. The van der Waals surface area contributed by atoms with Gasteiger partial charge in [-0.25, -0.2) is 0 Å². The van der Waals surface area contributed by atoms with Crippen molar-refractivity contribution >= 4 is 40.8 Å². The van der Waals surface area contributed by atoms with E-state index < -0.39 is 0 Å². The first-order chi connectivity index (χ1) is 13.3. The van der Waals surface area contributed by atoms with E-state index in [1.807, 2.05) is 23.6 Å². The van der Waals surface area contributed by atoms with Gasteiger partial charge in [-0.2, -0.15) is 4.58 Å². The summed E-state index contributed by atoms with van der Waals surface area (Å²) in [6, 6.07) is 12.0. The van der Waals surface area contributed by atoms with E-state index in [0.29, 0.717) is 41.1 Å². The van der Waals surface area contributed by atoms with E-state index in [-0.39, 0.29) is 17.0 Å². The van der Waals surface area contributed by atoms with E-state index in [4.69, 9.17) is 39.1 Å². The lowest BCUT2D eigenvalue weighted by Gasteiger charge is -2.30. The van der Waals surface area contributed by atoms with Gasteiger partial charge in [0.1, 0.15) is 18.3 Å². The molecule has 1 amide bonds. The second kappa shape index (κ2) is 8.20. The largest absolute Gasteiger partial charge is 0.495 e. The topological polar surface area (TPSA) is 84.2 Å². The fourth-order valence-electron chi connectivity index (χ4n) is 3.24. The molecule has 1 aliphatic heterocycles. The Balaban J connectivity index is 1.89. The molecule has 0 saturated heterocycles. The quantitative estimate of drug-likeness (QED) is 0.447. The third-order valence-corrected chi connectivity index (χ3v) is 5.48. The van der Waals surface area contributed by atoms with Crippen molar-refractivity contribution in [3.8, 4) is 5.75 Å². The van der Waals surface area contributed by atoms with Crippen LogP contribution in [0.2, 0.25) is 10.0 Å². The number of hydrogen-bond acceptors (Lipinski definition) is 3. The van der Waals surface area contributed by atoms with Gasteiger partial charge in [0.05, 0.1) is 29.8 Å². The van der Waals surface area contributed by atoms with E-state index >= 15 is 0 Å². The zero-order chi connectivity index (χ0) is 20.4. The van der Waals surface area contributed by atoms with Gasteiger partial charge >= 0.3 is 11.7 Å². The molecule has 28 heavy (non-hydrogen) atoms. The van der Waals surface area contributed by atoms with Crippen molar-refractivity contribution < 1.29 is 19.5 Å². The summed E-state index contributed by atoms with van der Waals surface area (Å²) >= 11 is 12.4. The molecule has 0 saturated carbocycles. The summed E-state index contributed by atoms with van der Waals surface area (Å²) in [6.45, 7) is 2.76. The molecule has 0 aliphatic carbocycles. The molecule has 4 N–H and O–H groups in total. The summed E-state index contributed by atoms with van der Waals surface area (Å²) in [6.07, 6.45) is 0. The lowest BCUT2D eigenvalue weighted by molar-refractivity contribution is -0.454. The van der Waals surface area contributed by atoms with Crippen molar-refractivity contribution in [1.82, 2.24) is 4.90 Å². The lowest BCUT2D eigenvalue weighted by atomic mass is 10.1. The highest BCUT2D eigenvalue weighted by Crippen LogP contribution is 2.29. The van der Waals surface area contributed by atoms with Crippen LogP contribution in [0.5, 0.6) is 5.75 Å². The third kappa shape index (κ3) is 3.70. The van der Waals surface area contributed by atoms with Gasteiger partial charge in [0.15, 0.2) is 0 Å². The number of benzene rings is 2. The molecular formula is C20H22Cl2N4O2+2. The molecule has 146 valence electrons. The van der Waals surface area contributed by atoms with Crippen molar-refractivity contribution in [2.24, 2.45) is 5.73 Å². The number of rotatable bonds is 3. The molecule has 0 bridgehead atoms. The average molecular weight is 421 g/mol. The molecule has 1 atom stereocenters. The van der Waals surface area contributed by atoms with Crippen LogP contribution in [0.25, 0.3) is 0 Å². The Bertz CT molecular complexity index is 974. The van der Waals surface area contributed by atoms with Crippen molar-refractivity contribution in [2.75, 3.05) is 20.2 Å². The number of nitrogens with zero attached hydrogens (tertiary/aromatic N) is 2. The zero-order valence-electron chi connectivity index (χ0n) is 15.7. The maximum Gasteiger partial charge on any atom is 0.338 e. The van der Waals surface area contributed by atoms with Crippen LogP contribution in [0.4, 0.5) is 0 Å². The molecule has 0 spiro atoms. The van der Waals surface area contributed by atoms with E-state index in [2.05, 4.69) is 0 Å². The smallest absolute Gasteiger partial charge is 0.338 e. The number of nitrogens with two attached hydrogens (primary N) is 2. The number of carbonyl (C=O) groups excluding carboxylic acids is 1. The Kier molecular flexibility index (Phi) is 5.91. The summed E-state index contributed by atoms with van der Waals surface area (Å²) < 4.78 is 7.02. The van der Waals surface area contributed by atoms with Gasteiger partial charge in [0.25, 0.3) is 5.91 Å². The summed E-state index contributed by atoms with van der Waals surface area (Å²) in [5.41, 5.74) is 7.51. The maximum absolute atomic E-state index is 13.1. The molecule has 3 rings (SSSR count). The molecule has 1 aliphatic rings. The first kappa shape index (κ1) is 20.2. The fraction of sp³-hybridized carbons (Fsp3) is 0.250. The zero-order valence-corrected chi connectivity index (χ0v) is 17.2. The van der Waals surface area contributed by atoms with Gasteiger partial charge in [-0.15, -0.1) is 0 Å². The van der Waals surface area contributed by atoms with E-state index in [1.54, 1.807) is 35.2 Å². The number of halogens is 2. The maximum atomic E-state index is 13.1. The number of methoxy groups -OCH3 is 1. The first-order valence-electron chi connectivity index (χ1n) is 8.76. The van der Waals surface area contributed by atoms with E-state index in [1.165, 1.54) is 7.11 Å². The molecule has 0 radical (unpaired) electrons. The summed E-state index contributed by atoms with van der Waals surface area (Å²) in [4.78, 5) is 14.8. The molecule has 8 heteroatoms. The molecule has 6 nitrogen and oxygen atoms in total. The summed E-state index contributed by atoms with van der Waals surface area (Å²) in [7, 11) is 1.51. The number of hydrogen-bond donors (Lipinski definition) is 2. The third-order valence-electron chi connectivity index (χ3n) is 4.86. The van der Waals surface area contributed by atoms with Gasteiger partial charge in [-0.3, -0.25) is 15.9 Å². The minimum atomic E-state index is -0.360. The van der Waals surface area contributed by atoms with Gasteiger partial charge in [0.2, 0.25) is 0 Å². The van der Waals surface area contributed by atoms with Crippen LogP contribution in [0.15, 0.2) is 42.5 Å². The van der Waals surface area contributed by atoms with Gasteiger partial charge < -0.3 is 9.64 Å². The monoisotopic (exact) mass is 420 g/mol. The number of amidine groups is 2. The standard InChI is InChI=1S/C20H20Cl2N4O2/c1-12-18(23)26(19(24)13-5-3-6-14(21)11-13)10-9-25(12)20(27)15-7-4-8-16(28-2)17(15)22/h3-8,11-12,23-24H,9-10H2,1-2H3/p+2/t12-/m0/s1. The van der Waals surface area contributed by atoms with Crippen LogP contribution >= 0.6 is 23.2 Å². The summed E-state index contributed by atoms with van der Waals surface area (Å²) in [5.74, 6) is 1.23. The average Bonchev–Trinajstić information content (AvgIpc) is 2.69. The second-order valence-electron chi connectivity index (χ2n) is 6.47. The normalized spacial score (nSPS) is 16.9. The van der Waals surface area contributed by atoms with Crippen LogP contribution in [0, 0.1) is 0 Å². The van der Waals surface area contributed by atoms with Gasteiger partial charge in [-0.05, 0) is 37.3 Å². The molecule has 2 aromatic carbocycles. The minimum Gasteiger partial charge on any atom is -0.495 e. The second-order valence-corrected chi connectivity index (χ2v) is 7.28. The Morgan fingerprint density at radius 3 is 2.68 bits per heavy atom. The Morgan fingerprint density at radius 2 is 2.00 bits per heavy atom. The van der Waals surface area contributed by atoms with E-state index in [0.717, 1.165) is 5.56 Å². The highest BCUT2D eigenvalue weighted by Gasteiger charge is 2.38. The molecular weight excluding hydrogens is 399 g/mol. The highest BCUT2D eigenvalue weighted by atomic mass is 35.5. The fourth-order valence-corrected chi connectivity index (χ4v) is 3.72. The lowest BCUT2D eigenvalue weighted by Crippen LogP contribution is -2.61. The van der Waals surface area contributed by atoms with Crippen LogP contribution in [0.1, 0.15) is 22.8 Å². The molecule has 0 unspecified atom stereocenters. The van der Waals surface area contributed by atoms with Crippen molar-refractivity contribution in [2.45, 2.75) is 13.0 Å². The molecule has 0 aromatic heterocycles. The van der Waals surface area contributed by atoms with Crippen molar-refractivity contribution in [1.29, 1.82) is 0 Å². The molecule has 1 heterocycles. The Labute approximate surface area is 173 Å². The van der Waals surface area contributed by atoms with Gasteiger partial charge in [-0.1, -0.05) is 35.3 Å². The van der Waals surface area contributed by atoms with Gasteiger partial charge in [0, 0.05) is 5.02 Å². The Hall–Kier alpha value is -2.57. The number of ether oxygens (including phenoxy) is 1.